The van der Waals surface area contributed by atoms with Gasteiger partial charge in [0.15, 0.2) is 0 Å². The molecule has 2 aromatic rings. The zero-order valence-corrected chi connectivity index (χ0v) is 13.8. The maximum absolute atomic E-state index is 3.88. The number of hydrogen-bond acceptors (Lipinski definition) is 0. The third-order valence-corrected chi connectivity index (χ3v) is 3.87. The van der Waals surface area contributed by atoms with Crippen molar-refractivity contribution in [1.82, 2.24) is 0 Å². The molecule has 0 aliphatic rings. The van der Waals surface area contributed by atoms with E-state index in [9.17, 15) is 0 Å². The summed E-state index contributed by atoms with van der Waals surface area (Å²) in [6.07, 6.45) is 14.2. The van der Waals surface area contributed by atoms with E-state index in [2.05, 4.69) is 85.5 Å². The molecule has 2 rings (SSSR count). The molecule has 0 nitrogen and oxygen atoms in total. The van der Waals surface area contributed by atoms with Gasteiger partial charge in [0.25, 0.3) is 0 Å². The van der Waals surface area contributed by atoms with Crippen molar-refractivity contribution in [2.45, 2.75) is 32.1 Å². The smallest absolute Gasteiger partial charge is 0.00947 e. The van der Waals surface area contributed by atoms with Crippen LogP contribution in [0.2, 0.25) is 0 Å². The SMILES string of the molecule is C=CC/C(=C/Cc1ccccc1)CC/C=C\Cc1ccccc1. The van der Waals surface area contributed by atoms with Crippen LogP contribution in [0.4, 0.5) is 0 Å². The van der Waals surface area contributed by atoms with E-state index in [1.807, 2.05) is 6.08 Å². The van der Waals surface area contributed by atoms with Gasteiger partial charge in [-0.3, -0.25) is 0 Å². The molecule has 23 heavy (non-hydrogen) atoms. The fourth-order valence-electron chi connectivity index (χ4n) is 2.57. The van der Waals surface area contributed by atoms with Crippen molar-refractivity contribution < 1.29 is 0 Å². The van der Waals surface area contributed by atoms with Gasteiger partial charge in [0.1, 0.15) is 0 Å². The molecule has 0 spiro atoms. The van der Waals surface area contributed by atoms with E-state index in [4.69, 9.17) is 0 Å². The van der Waals surface area contributed by atoms with Crippen molar-refractivity contribution in [3.8, 4) is 0 Å². The third-order valence-electron chi connectivity index (χ3n) is 3.87. The Morgan fingerprint density at radius 1 is 0.783 bits per heavy atom. The first-order valence-electron chi connectivity index (χ1n) is 8.40. The lowest BCUT2D eigenvalue weighted by molar-refractivity contribution is 0.925. The largest absolute Gasteiger partial charge is 0.103 e. The quantitative estimate of drug-likeness (QED) is 0.476. The van der Waals surface area contributed by atoms with Crippen LogP contribution >= 0.6 is 0 Å². The molecule has 0 aliphatic heterocycles. The summed E-state index contributed by atoms with van der Waals surface area (Å²) >= 11 is 0. The van der Waals surface area contributed by atoms with Crippen molar-refractivity contribution >= 4 is 0 Å². The van der Waals surface area contributed by atoms with Gasteiger partial charge in [-0.2, -0.15) is 0 Å². The Hall–Kier alpha value is -2.34. The summed E-state index contributed by atoms with van der Waals surface area (Å²) < 4.78 is 0. The molecule has 0 heteroatoms. The summed E-state index contributed by atoms with van der Waals surface area (Å²) in [7, 11) is 0. The summed E-state index contributed by atoms with van der Waals surface area (Å²) in [5.41, 5.74) is 4.22. The van der Waals surface area contributed by atoms with E-state index in [1.165, 1.54) is 16.7 Å². The summed E-state index contributed by atoms with van der Waals surface area (Å²) in [6.45, 7) is 3.88. The molecule has 0 saturated heterocycles. The number of rotatable bonds is 9. The van der Waals surface area contributed by atoms with Gasteiger partial charge in [-0.15, -0.1) is 6.58 Å². The summed E-state index contributed by atoms with van der Waals surface area (Å²) in [6, 6.07) is 21.2. The third kappa shape index (κ3) is 6.97. The summed E-state index contributed by atoms with van der Waals surface area (Å²) in [5.74, 6) is 0. The Kier molecular flexibility index (Phi) is 7.69. The topological polar surface area (TPSA) is 0 Å². The van der Waals surface area contributed by atoms with E-state index in [1.54, 1.807) is 0 Å². The van der Waals surface area contributed by atoms with Crippen molar-refractivity contribution in [3.05, 3.63) is 108 Å². The Bertz CT molecular complexity index is 618. The highest BCUT2D eigenvalue weighted by Gasteiger charge is 1.95. The molecule has 0 radical (unpaired) electrons. The van der Waals surface area contributed by atoms with Gasteiger partial charge in [-0.1, -0.05) is 90.5 Å². The van der Waals surface area contributed by atoms with Crippen LogP contribution in [0.15, 0.2) is 97.1 Å². The zero-order valence-electron chi connectivity index (χ0n) is 13.8. The van der Waals surface area contributed by atoms with Crippen LogP contribution in [0.3, 0.4) is 0 Å². The Morgan fingerprint density at radius 2 is 1.39 bits per heavy atom. The van der Waals surface area contributed by atoms with E-state index < -0.39 is 0 Å². The van der Waals surface area contributed by atoms with Crippen LogP contribution < -0.4 is 0 Å². The minimum Gasteiger partial charge on any atom is -0.103 e. The Labute approximate surface area is 140 Å². The van der Waals surface area contributed by atoms with E-state index >= 15 is 0 Å². The molecule has 0 fully saturated rings. The molecule has 0 bridgehead atoms. The van der Waals surface area contributed by atoms with Gasteiger partial charge in [0.2, 0.25) is 0 Å². The first kappa shape index (κ1) is 17.0. The molecule has 0 amide bonds. The van der Waals surface area contributed by atoms with Gasteiger partial charge < -0.3 is 0 Å². The first-order valence-corrected chi connectivity index (χ1v) is 8.40. The summed E-state index contributed by atoms with van der Waals surface area (Å²) in [5, 5.41) is 0. The zero-order chi connectivity index (χ0) is 16.2. The Balaban J connectivity index is 1.79. The molecule has 0 aliphatic carbocycles. The lowest BCUT2D eigenvalue weighted by Crippen LogP contribution is -1.86. The second-order valence-electron chi connectivity index (χ2n) is 5.74. The highest BCUT2D eigenvalue weighted by Crippen LogP contribution is 2.13. The van der Waals surface area contributed by atoms with Crippen molar-refractivity contribution in [2.24, 2.45) is 0 Å². The average molecular weight is 302 g/mol. The number of hydrogen-bond donors (Lipinski definition) is 0. The number of benzene rings is 2. The molecule has 0 N–H and O–H groups in total. The first-order chi connectivity index (χ1) is 11.4. The molecule has 0 unspecified atom stereocenters. The van der Waals surface area contributed by atoms with Crippen LogP contribution in [-0.2, 0) is 12.8 Å². The van der Waals surface area contributed by atoms with Gasteiger partial charge in [-0.05, 0) is 43.2 Å². The fraction of sp³-hybridized carbons (Fsp3) is 0.217. The Morgan fingerprint density at radius 3 is 2.00 bits per heavy atom. The average Bonchev–Trinajstić information content (AvgIpc) is 2.61. The van der Waals surface area contributed by atoms with Crippen molar-refractivity contribution in [2.75, 3.05) is 0 Å². The van der Waals surface area contributed by atoms with Crippen LogP contribution in [0.5, 0.6) is 0 Å². The lowest BCUT2D eigenvalue weighted by Gasteiger charge is -2.04. The molecule has 0 atom stereocenters. The molecule has 118 valence electrons. The number of allylic oxidation sites excluding steroid dienone is 5. The van der Waals surface area contributed by atoms with Crippen LogP contribution in [0.1, 0.15) is 30.4 Å². The van der Waals surface area contributed by atoms with Crippen LogP contribution in [0.25, 0.3) is 0 Å². The lowest BCUT2D eigenvalue weighted by atomic mass is 10.0. The van der Waals surface area contributed by atoms with Crippen molar-refractivity contribution in [1.29, 1.82) is 0 Å². The minimum absolute atomic E-state index is 0.985. The monoisotopic (exact) mass is 302 g/mol. The standard InChI is InChI=1S/C23H26/c1-2-12-21(19-20-23-17-10-5-11-18-23)13-6-3-7-14-22-15-8-4-9-16-22/h2-5,7-11,15-19H,1,6,12-14,20H2/b7-3-,21-19-. The molecule has 0 heterocycles. The molecule has 2 aromatic carbocycles. The molecular weight excluding hydrogens is 276 g/mol. The minimum atomic E-state index is 0.985. The summed E-state index contributed by atoms with van der Waals surface area (Å²) in [4.78, 5) is 0. The normalized spacial score (nSPS) is 11.7. The molecular formula is C23H26. The fourth-order valence-corrected chi connectivity index (χ4v) is 2.57. The van der Waals surface area contributed by atoms with E-state index in [0.29, 0.717) is 0 Å². The van der Waals surface area contributed by atoms with Crippen LogP contribution in [0, 0.1) is 0 Å². The predicted octanol–water partition coefficient (Wildman–Crippen LogP) is 6.31. The van der Waals surface area contributed by atoms with Gasteiger partial charge >= 0.3 is 0 Å². The second-order valence-corrected chi connectivity index (χ2v) is 5.74. The molecule has 0 saturated carbocycles. The van der Waals surface area contributed by atoms with E-state index in [0.717, 1.165) is 32.1 Å². The van der Waals surface area contributed by atoms with Gasteiger partial charge in [-0.25, -0.2) is 0 Å². The highest BCUT2D eigenvalue weighted by atomic mass is 14.0. The maximum Gasteiger partial charge on any atom is -0.00947 e. The second kappa shape index (κ2) is 10.4. The van der Waals surface area contributed by atoms with Gasteiger partial charge in [0, 0.05) is 0 Å². The van der Waals surface area contributed by atoms with Crippen molar-refractivity contribution in [3.63, 3.8) is 0 Å². The van der Waals surface area contributed by atoms with E-state index in [-0.39, 0.29) is 0 Å². The highest BCUT2D eigenvalue weighted by molar-refractivity contribution is 5.20. The van der Waals surface area contributed by atoms with Gasteiger partial charge in [0.05, 0.1) is 0 Å². The maximum atomic E-state index is 3.88. The molecule has 0 aromatic heterocycles. The van der Waals surface area contributed by atoms with Crippen LogP contribution in [-0.4, -0.2) is 0 Å². The predicted molar refractivity (Wildman–Crippen MR) is 102 cm³/mol.